The van der Waals surface area contributed by atoms with E-state index in [1.54, 1.807) is 0 Å². The summed E-state index contributed by atoms with van der Waals surface area (Å²) in [5, 5.41) is 0. The molecule has 0 saturated carbocycles. The Balaban J connectivity index is 1.76. The maximum atomic E-state index is 13.3. The second-order valence-corrected chi connectivity index (χ2v) is 7.58. The number of nitrogens with zero attached hydrogens (tertiary/aromatic N) is 3. The normalized spacial score (nSPS) is 15.9. The van der Waals surface area contributed by atoms with Crippen LogP contribution in [0.25, 0.3) is 16.8 Å². The molecule has 1 aliphatic rings. The first kappa shape index (κ1) is 20.5. The van der Waals surface area contributed by atoms with Gasteiger partial charge in [0.05, 0.1) is 13.1 Å². The molecule has 4 rings (SSSR count). The number of carbonyl (C=O) groups excluding carboxylic acids is 1. The molecule has 1 fully saturated rings. The highest BCUT2D eigenvalue weighted by molar-refractivity contribution is 9.10. The van der Waals surface area contributed by atoms with Crippen molar-refractivity contribution in [3.8, 4) is 11.1 Å². The van der Waals surface area contributed by atoms with Crippen molar-refractivity contribution in [2.45, 2.75) is 12.1 Å². The quantitative estimate of drug-likeness (QED) is 0.508. The van der Waals surface area contributed by atoms with Crippen molar-refractivity contribution in [2.24, 2.45) is 0 Å². The maximum absolute atomic E-state index is 13.3. The first-order valence-corrected chi connectivity index (χ1v) is 9.33. The van der Waals surface area contributed by atoms with Crippen molar-refractivity contribution in [3.63, 3.8) is 0 Å². The SMILES string of the molecule is O=C(c1ccc(-c2cccn3c(=O)c(Br)c(C(F)(F)F)nc23)cc1)N1CC(F)(F)C1. The van der Waals surface area contributed by atoms with Crippen LogP contribution in [0.4, 0.5) is 22.0 Å². The lowest BCUT2D eigenvalue weighted by Crippen LogP contribution is -2.58. The first-order valence-electron chi connectivity index (χ1n) is 8.53. The van der Waals surface area contributed by atoms with Crippen LogP contribution < -0.4 is 5.56 Å². The van der Waals surface area contributed by atoms with Gasteiger partial charge in [-0.1, -0.05) is 12.1 Å². The molecule has 1 aromatic carbocycles. The van der Waals surface area contributed by atoms with E-state index < -0.39 is 46.8 Å². The number of hydrogen-bond acceptors (Lipinski definition) is 3. The van der Waals surface area contributed by atoms with Crippen molar-refractivity contribution in [1.82, 2.24) is 14.3 Å². The average Bonchev–Trinajstić information content (AvgIpc) is 2.67. The van der Waals surface area contributed by atoms with Gasteiger partial charge in [0.1, 0.15) is 10.1 Å². The molecule has 0 bridgehead atoms. The summed E-state index contributed by atoms with van der Waals surface area (Å²) in [6, 6.07) is 8.66. The lowest BCUT2D eigenvalue weighted by atomic mass is 10.0. The van der Waals surface area contributed by atoms with Crippen molar-refractivity contribution < 1.29 is 26.7 Å². The molecule has 5 nitrogen and oxygen atoms in total. The van der Waals surface area contributed by atoms with Crippen LogP contribution >= 0.6 is 15.9 Å². The topological polar surface area (TPSA) is 54.7 Å². The highest BCUT2D eigenvalue weighted by atomic mass is 79.9. The molecule has 2 aromatic heterocycles. The third-order valence-corrected chi connectivity index (χ3v) is 5.36. The summed E-state index contributed by atoms with van der Waals surface area (Å²) in [6.07, 6.45) is -3.55. The molecule has 1 saturated heterocycles. The molecule has 30 heavy (non-hydrogen) atoms. The van der Waals surface area contributed by atoms with Gasteiger partial charge < -0.3 is 4.90 Å². The zero-order valence-corrected chi connectivity index (χ0v) is 16.5. The predicted octanol–water partition coefficient (Wildman–Crippen LogP) is 4.23. The monoisotopic (exact) mass is 487 g/mol. The number of carbonyl (C=O) groups is 1. The number of aromatic nitrogens is 2. The van der Waals surface area contributed by atoms with E-state index in [-0.39, 0.29) is 16.8 Å². The molecule has 1 amide bonds. The minimum Gasteiger partial charge on any atom is -0.326 e. The van der Waals surface area contributed by atoms with Gasteiger partial charge in [0.25, 0.3) is 17.4 Å². The summed E-state index contributed by atoms with van der Waals surface area (Å²) in [5.41, 5.74) is -1.66. The maximum Gasteiger partial charge on any atom is 0.434 e. The van der Waals surface area contributed by atoms with Crippen molar-refractivity contribution in [2.75, 3.05) is 13.1 Å². The second-order valence-electron chi connectivity index (χ2n) is 6.79. The van der Waals surface area contributed by atoms with Crippen LogP contribution in [-0.4, -0.2) is 39.2 Å². The van der Waals surface area contributed by atoms with E-state index in [1.165, 1.54) is 42.6 Å². The van der Waals surface area contributed by atoms with Gasteiger partial charge in [-0.25, -0.2) is 13.8 Å². The second kappa shape index (κ2) is 6.86. The third-order valence-electron chi connectivity index (χ3n) is 4.64. The molecular formula is C19H11BrF5N3O2. The van der Waals surface area contributed by atoms with Gasteiger partial charge in [0, 0.05) is 17.3 Å². The van der Waals surface area contributed by atoms with E-state index in [2.05, 4.69) is 20.9 Å². The Kier molecular flexibility index (Phi) is 4.68. The van der Waals surface area contributed by atoms with E-state index in [1.807, 2.05) is 0 Å². The Hall–Kier alpha value is -2.82. The van der Waals surface area contributed by atoms with Crippen LogP contribution in [0.15, 0.2) is 51.9 Å². The summed E-state index contributed by atoms with van der Waals surface area (Å²) in [7, 11) is 0. The molecule has 0 N–H and O–H groups in total. The molecule has 0 aliphatic carbocycles. The van der Waals surface area contributed by atoms with Gasteiger partial charge in [0.2, 0.25) is 0 Å². The summed E-state index contributed by atoms with van der Waals surface area (Å²) in [5.74, 6) is -3.45. The van der Waals surface area contributed by atoms with Crippen LogP contribution in [0.3, 0.4) is 0 Å². The molecule has 156 valence electrons. The number of halogens is 6. The number of hydrogen-bond donors (Lipinski definition) is 0. The number of benzene rings is 1. The van der Waals surface area contributed by atoms with E-state index >= 15 is 0 Å². The molecule has 3 aromatic rings. The molecule has 0 unspecified atom stereocenters. The van der Waals surface area contributed by atoms with Gasteiger partial charge in [-0.15, -0.1) is 0 Å². The highest BCUT2D eigenvalue weighted by Crippen LogP contribution is 2.34. The summed E-state index contributed by atoms with van der Waals surface area (Å²) in [4.78, 5) is 29.2. The van der Waals surface area contributed by atoms with Crippen LogP contribution in [0.1, 0.15) is 16.1 Å². The van der Waals surface area contributed by atoms with Crippen molar-refractivity contribution >= 4 is 27.5 Å². The minimum atomic E-state index is -4.84. The largest absolute Gasteiger partial charge is 0.434 e. The zero-order valence-electron chi connectivity index (χ0n) is 14.9. The smallest absolute Gasteiger partial charge is 0.326 e. The van der Waals surface area contributed by atoms with E-state index in [0.29, 0.717) is 5.56 Å². The number of rotatable bonds is 2. The zero-order chi connectivity index (χ0) is 21.8. The summed E-state index contributed by atoms with van der Waals surface area (Å²) >= 11 is 2.67. The van der Waals surface area contributed by atoms with E-state index in [0.717, 1.165) is 9.30 Å². The summed E-state index contributed by atoms with van der Waals surface area (Å²) in [6.45, 7) is -1.31. The van der Waals surface area contributed by atoms with Crippen LogP contribution in [0.2, 0.25) is 0 Å². The Bertz CT molecular complexity index is 1210. The Morgan fingerprint density at radius 3 is 2.30 bits per heavy atom. The number of amides is 1. The Labute approximate surface area is 173 Å². The standard InChI is InChI=1S/C19H11BrF5N3O2/c20-13-14(19(23,24)25)26-15-12(2-1-7-28(15)17(13)30)10-3-5-11(6-4-10)16(29)27-8-18(21,22)9-27/h1-7H,8-9H2. The molecule has 0 atom stereocenters. The van der Waals surface area contributed by atoms with Gasteiger partial charge in [0.15, 0.2) is 5.69 Å². The lowest BCUT2D eigenvalue weighted by molar-refractivity contribution is -0.141. The fourth-order valence-electron chi connectivity index (χ4n) is 3.18. The molecule has 0 radical (unpaired) electrons. The Morgan fingerprint density at radius 2 is 1.73 bits per heavy atom. The van der Waals surface area contributed by atoms with Crippen LogP contribution in [0, 0.1) is 0 Å². The Morgan fingerprint density at radius 1 is 1.10 bits per heavy atom. The van der Waals surface area contributed by atoms with E-state index in [4.69, 9.17) is 0 Å². The van der Waals surface area contributed by atoms with Gasteiger partial charge >= 0.3 is 6.18 Å². The number of fused-ring (bicyclic) bond motifs is 1. The number of likely N-dealkylation sites (tertiary alicyclic amines) is 1. The first-order chi connectivity index (χ1) is 14.0. The van der Waals surface area contributed by atoms with Crippen molar-refractivity contribution in [3.05, 3.63) is 68.7 Å². The number of pyridine rings is 1. The molecule has 3 heterocycles. The molecule has 11 heteroatoms. The summed E-state index contributed by atoms with van der Waals surface area (Å²) < 4.78 is 66.0. The molecular weight excluding hydrogens is 477 g/mol. The predicted molar refractivity (Wildman–Crippen MR) is 100 cm³/mol. The fourth-order valence-corrected chi connectivity index (χ4v) is 3.69. The lowest BCUT2D eigenvalue weighted by Gasteiger charge is -2.38. The van der Waals surface area contributed by atoms with Crippen molar-refractivity contribution in [1.29, 1.82) is 0 Å². The molecule has 1 aliphatic heterocycles. The fraction of sp³-hybridized carbons (Fsp3) is 0.211. The van der Waals surface area contributed by atoms with Gasteiger partial charge in [-0.3, -0.25) is 14.0 Å². The highest BCUT2D eigenvalue weighted by Gasteiger charge is 2.46. The van der Waals surface area contributed by atoms with E-state index in [9.17, 15) is 31.5 Å². The number of alkyl halides is 5. The van der Waals surface area contributed by atoms with Gasteiger partial charge in [-0.2, -0.15) is 13.2 Å². The van der Waals surface area contributed by atoms with Gasteiger partial charge in [-0.05, 0) is 45.8 Å². The van der Waals surface area contributed by atoms with Crippen LogP contribution in [-0.2, 0) is 6.18 Å². The molecule has 0 spiro atoms. The van der Waals surface area contributed by atoms with Crippen LogP contribution in [0.5, 0.6) is 0 Å². The minimum absolute atomic E-state index is 0.165. The average molecular weight is 488 g/mol. The third kappa shape index (κ3) is 3.47.